The van der Waals surface area contributed by atoms with Crippen LogP contribution in [0.25, 0.3) is 0 Å². The van der Waals surface area contributed by atoms with Crippen LogP contribution in [-0.2, 0) is 9.59 Å². The number of nitrogens with zero attached hydrogens (tertiary/aromatic N) is 2. The second-order valence-corrected chi connectivity index (χ2v) is 6.28. The average molecular weight is 362 g/mol. The van der Waals surface area contributed by atoms with E-state index >= 15 is 0 Å². The lowest BCUT2D eigenvalue weighted by Gasteiger charge is -2.28. The number of nitro groups is 1. The summed E-state index contributed by atoms with van der Waals surface area (Å²) in [5.74, 6) is -1.50. The van der Waals surface area contributed by atoms with E-state index in [0.29, 0.717) is 18.7 Å². The number of non-ortho nitro benzene ring substituents is 1. The summed E-state index contributed by atoms with van der Waals surface area (Å²) in [7, 11) is 0. The van der Waals surface area contributed by atoms with Crippen LogP contribution in [0.2, 0.25) is 0 Å². The van der Waals surface area contributed by atoms with Gasteiger partial charge in [0.25, 0.3) is 11.6 Å². The van der Waals surface area contributed by atoms with Crippen molar-refractivity contribution < 1.29 is 24.5 Å². The fourth-order valence-electron chi connectivity index (χ4n) is 3.25. The average Bonchev–Trinajstić information content (AvgIpc) is 2.87. The summed E-state index contributed by atoms with van der Waals surface area (Å²) in [5, 5.41) is 21.1. The molecule has 0 spiro atoms. The third kappa shape index (κ3) is 3.75. The summed E-state index contributed by atoms with van der Waals surface area (Å²) in [6.45, 7) is 8.26. The summed E-state index contributed by atoms with van der Waals surface area (Å²) in [6.07, 6.45) is 0. The Labute approximate surface area is 151 Å². The molecule has 0 unspecified atom stereocenters. The molecule has 1 aromatic rings. The molecule has 2 rings (SSSR count). The minimum absolute atomic E-state index is 0.0402. The van der Waals surface area contributed by atoms with Crippen molar-refractivity contribution >= 4 is 17.4 Å². The molecular formula is C18H24N3O5+. The molecule has 8 heteroatoms. The van der Waals surface area contributed by atoms with Crippen LogP contribution in [0.4, 0.5) is 5.69 Å². The number of quaternary nitrogens is 1. The summed E-state index contributed by atoms with van der Waals surface area (Å²) < 4.78 is 0. The molecule has 0 aromatic heterocycles. The van der Waals surface area contributed by atoms with Gasteiger partial charge in [-0.05, 0) is 38.5 Å². The quantitative estimate of drug-likeness (QED) is 0.526. The largest absolute Gasteiger partial charge is 0.503 e. The lowest BCUT2D eigenvalue weighted by molar-refractivity contribution is -0.895. The Kier molecular flexibility index (Phi) is 6.10. The maximum absolute atomic E-state index is 12.5. The van der Waals surface area contributed by atoms with Crippen molar-refractivity contribution in [1.82, 2.24) is 4.90 Å². The van der Waals surface area contributed by atoms with Crippen molar-refractivity contribution in [3.8, 4) is 0 Å². The van der Waals surface area contributed by atoms with Crippen molar-refractivity contribution in [2.75, 3.05) is 26.2 Å². The van der Waals surface area contributed by atoms with Crippen LogP contribution in [0.1, 0.15) is 32.4 Å². The van der Waals surface area contributed by atoms with E-state index in [-0.39, 0.29) is 11.3 Å². The van der Waals surface area contributed by atoms with E-state index in [4.69, 9.17) is 0 Å². The smallest absolute Gasteiger partial charge is 0.290 e. The molecule has 26 heavy (non-hydrogen) atoms. The first kappa shape index (κ1) is 19.6. The molecule has 1 aromatic carbocycles. The first-order valence-electron chi connectivity index (χ1n) is 8.64. The Hall–Kier alpha value is -2.74. The van der Waals surface area contributed by atoms with Gasteiger partial charge in [0.15, 0.2) is 11.5 Å². The number of aliphatic hydroxyl groups excluding tert-OH is 1. The fourth-order valence-corrected chi connectivity index (χ4v) is 3.25. The number of nitro benzene ring substituents is 1. The van der Waals surface area contributed by atoms with Gasteiger partial charge in [-0.1, -0.05) is 0 Å². The number of benzene rings is 1. The third-order valence-electron chi connectivity index (χ3n) is 4.81. The molecule has 0 saturated carbocycles. The summed E-state index contributed by atoms with van der Waals surface area (Å²) in [4.78, 5) is 37.7. The van der Waals surface area contributed by atoms with Gasteiger partial charge in [0.2, 0.25) is 0 Å². The zero-order valence-electron chi connectivity index (χ0n) is 15.2. The number of Topliss-reactive ketones (excluding diaryl/α,β-unsaturated/α-hetero) is 1. The summed E-state index contributed by atoms with van der Waals surface area (Å²) in [5.41, 5.74) is 0.529. The molecule has 0 aliphatic carbocycles. The minimum atomic E-state index is -0.726. The fraction of sp³-hybridized carbons (Fsp3) is 0.444. The monoisotopic (exact) mass is 362 g/mol. The summed E-state index contributed by atoms with van der Waals surface area (Å²) in [6, 6.07) is 4.99. The topological polar surface area (TPSA) is 105 Å². The molecule has 8 nitrogen and oxygen atoms in total. The Bertz CT molecular complexity index is 738. The highest BCUT2D eigenvalue weighted by atomic mass is 16.6. The molecular weight excluding hydrogens is 338 g/mol. The van der Waals surface area contributed by atoms with E-state index in [1.54, 1.807) is 0 Å². The van der Waals surface area contributed by atoms with Gasteiger partial charge in [0, 0.05) is 12.1 Å². The Balaban J connectivity index is 2.38. The Morgan fingerprint density at radius 2 is 1.85 bits per heavy atom. The van der Waals surface area contributed by atoms with Gasteiger partial charge in [-0.15, -0.1) is 0 Å². The molecule has 1 amide bonds. The molecule has 140 valence electrons. The van der Waals surface area contributed by atoms with Crippen LogP contribution in [0.3, 0.4) is 0 Å². The predicted octanol–water partition coefficient (Wildman–Crippen LogP) is 0.804. The second-order valence-electron chi connectivity index (χ2n) is 6.28. The SMILES string of the molecule is CC[NH+](CC)CCN1C(=O)C(O)=C(C(C)=O)[C@@H]1c1ccc([N+](=O)[O-])cc1. The number of carbonyl (C=O) groups excluding carboxylic acids is 2. The highest BCUT2D eigenvalue weighted by molar-refractivity contribution is 6.08. The number of ketones is 1. The number of amides is 1. The molecule has 0 saturated heterocycles. The van der Waals surface area contributed by atoms with Crippen LogP contribution in [-0.4, -0.2) is 52.8 Å². The maximum Gasteiger partial charge on any atom is 0.290 e. The van der Waals surface area contributed by atoms with Crippen LogP contribution in [0, 0.1) is 10.1 Å². The number of hydrogen-bond acceptors (Lipinski definition) is 5. The number of carbonyl (C=O) groups is 2. The highest BCUT2D eigenvalue weighted by Gasteiger charge is 2.42. The van der Waals surface area contributed by atoms with E-state index in [1.807, 2.05) is 0 Å². The first-order chi connectivity index (χ1) is 12.3. The molecule has 1 aliphatic rings. The van der Waals surface area contributed by atoms with Crippen LogP contribution >= 0.6 is 0 Å². The highest BCUT2D eigenvalue weighted by Crippen LogP contribution is 2.37. The second kappa shape index (κ2) is 8.09. The van der Waals surface area contributed by atoms with Gasteiger partial charge in [0.1, 0.15) is 0 Å². The minimum Gasteiger partial charge on any atom is -0.503 e. The van der Waals surface area contributed by atoms with Crippen molar-refractivity contribution in [2.45, 2.75) is 26.8 Å². The van der Waals surface area contributed by atoms with Crippen molar-refractivity contribution in [2.24, 2.45) is 0 Å². The predicted molar refractivity (Wildman–Crippen MR) is 94.8 cm³/mol. The number of aliphatic hydroxyl groups is 1. The number of nitrogens with one attached hydrogen (secondary N) is 1. The van der Waals surface area contributed by atoms with Crippen LogP contribution in [0.5, 0.6) is 0 Å². The van der Waals surface area contributed by atoms with E-state index < -0.39 is 28.4 Å². The first-order valence-corrected chi connectivity index (χ1v) is 8.64. The van der Waals surface area contributed by atoms with Gasteiger partial charge in [0.05, 0.1) is 42.7 Å². The van der Waals surface area contributed by atoms with E-state index in [1.165, 1.54) is 41.0 Å². The van der Waals surface area contributed by atoms with Crippen molar-refractivity contribution in [3.05, 3.63) is 51.3 Å². The van der Waals surface area contributed by atoms with Gasteiger partial charge < -0.3 is 14.9 Å². The zero-order valence-corrected chi connectivity index (χ0v) is 15.2. The normalized spacial score (nSPS) is 17.3. The molecule has 0 fully saturated rings. The standard InChI is InChI=1S/C18H23N3O5/c1-4-19(5-2)10-11-20-16(15(12(3)22)17(23)18(20)24)13-6-8-14(9-7-13)21(25)26/h6-9,16,23H,4-5,10-11H2,1-3H3/p+1/t16-/m0/s1. The molecule has 1 aliphatic heterocycles. The molecule has 1 atom stereocenters. The van der Waals surface area contributed by atoms with E-state index in [0.717, 1.165) is 13.1 Å². The van der Waals surface area contributed by atoms with E-state index in [2.05, 4.69) is 13.8 Å². The Morgan fingerprint density at radius 3 is 2.31 bits per heavy atom. The maximum atomic E-state index is 12.5. The lowest BCUT2D eigenvalue weighted by Crippen LogP contribution is -3.12. The third-order valence-corrected chi connectivity index (χ3v) is 4.81. The lowest BCUT2D eigenvalue weighted by atomic mass is 9.96. The van der Waals surface area contributed by atoms with Crippen LogP contribution in [0.15, 0.2) is 35.6 Å². The number of hydrogen-bond donors (Lipinski definition) is 2. The van der Waals surface area contributed by atoms with Gasteiger partial charge in [-0.2, -0.15) is 0 Å². The Morgan fingerprint density at radius 1 is 1.27 bits per heavy atom. The summed E-state index contributed by atoms with van der Waals surface area (Å²) >= 11 is 0. The molecule has 1 heterocycles. The van der Waals surface area contributed by atoms with Gasteiger partial charge in [-0.3, -0.25) is 19.7 Å². The molecule has 0 bridgehead atoms. The van der Waals surface area contributed by atoms with Crippen molar-refractivity contribution in [3.63, 3.8) is 0 Å². The van der Waals surface area contributed by atoms with Crippen LogP contribution < -0.4 is 4.90 Å². The number of likely N-dealkylation sites (N-methyl/N-ethyl adjacent to an activating group) is 1. The number of rotatable bonds is 8. The van der Waals surface area contributed by atoms with E-state index in [9.17, 15) is 24.8 Å². The van der Waals surface area contributed by atoms with Gasteiger partial charge >= 0.3 is 0 Å². The zero-order chi connectivity index (χ0) is 19.4. The molecule has 0 radical (unpaired) electrons. The van der Waals surface area contributed by atoms with Gasteiger partial charge in [-0.25, -0.2) is 0 Å². The van der Waals surface area contributed by atoms with Crippen molar-refractivity contribution in [1.29, 1.82) is 0 Å². The molecule has 2 N–H and O–H groups in total.